The average Bonchev–Trinajstić information content (AvgIpc) is 2.40. The summed E-state index contributed by atoms with van der Waals surface area (Å²) in [6.45, 7) is 1.89. The number of nitrogens with zero attached hydrogens (tertiary/aromatic N) is 2. The predicted octanol–water partition coefficient (Wildman–Crippen LogP) is 1.00. The lowest BCUT2D eigenvalue weighted by atomic mass is 9.84. The molecule has 2 N–H and O–H groups in total. The molecule has 0 aromatic carbocycles. The molecule has 4 heterocycles. The SMILES string of the molecule is N/C(=C1\C(=O)C2CCN1CC2)c1ccccn1. The Morgan fingerprint density at radius 2 is 2.12 bits per heavy atom. The van der Waals surface area contributed by atoms with Gasteiger partial charge < -0.3 is 10.6 Å². The van der Waals surface area contributed by atoms with Crippen LogP contribution < -0.4 is 5.73 Å². The maximum Gasteiger partial charge on any atom is 0.184 e. The summed E-state index contributed by atoms with van der Waals surface area (Å²) in [5.41, 5.74) is 8.01. The Labute approximate surface area is 100 Å². The average molecular weight is 229 g/mol. The lowest BCUT2D eigenvalue weighted by molar-refractivity contribution is -0.125. The number of aromatic nitrogens is 1. The first-order valence-electron chi connectivity index (χ1n) is 5.97. The molecule has 1 aromatic rings. The molecule has 3 aliphatic rings. The van der Waals surface area contributed by atoms with Gasteiger partial charge in [-0.3, -0.25) is 9.78 Å². The smallest absolute Gasteiger partial charge is 0.184 e. The van der Waals surface area contributed by atoms with Crippen molar-refractivity contribution in [3.8, 4) is 0 Å². The number of Topliss-reactive ketones (excluding diaryl/α,β-unsaturated/α-hetero) is 1. The zero-order valence-corrected chi connectivity index (χ0v) is 9.60. The molecular formula is C13H15N3O. The third-order valence-corrected chi connectivity index (χ3v) is 3.61. The molecule has 17 heavy (non-hydrogen) atoms. The van der Waals surface area contributed by atoms with Crippen LogP contribution in [0.4, 0.5) is 0 Å². The van der Waals surface area contributed by atoms with E-state index in [-0.39, 0.29) is 11.7 Å². The van der Waals surface area contributed by atoms with E-state index in [1.54, 1.807) is 6.20 Å². The van der Waals surface area contributed by atoms with Crippen molar-refractivity contribution in [1.29, 1.82) is 0 Å². The number of rotatable bonds is 1. The molecule has 0 spiro atoms. The van der Waals surface area contributed by atoms with E-state index in [9.17, 15) is 4.79 Å². The number of hydrogen-bond acceptors (Lipinski definition) is 4. The number of ketones is 1. The quantitative estimate of drug-likeness (QED) is 0.730. The standard InChI is InChI=1S/C13H15N3O/c14-11(10-3-1-2-6-15-10)12-13(17)9-4-7-16(12)8-5-9/h1-3,6,9H,4-5,7-8,14H2/b12-11+. The van der Waals surface area contributed by atoms with Crippen molar-refractivity contribution in [3.63, 3.8) is 0 Å². The van der Waals surface area contributed by atoms with Gasteiger partial charge in [0.15, 0.2) is 5.78 Å². The summed E-state index contributed by atoms with van der Waals surface area (Å²) in [4.78, 5) is 18.5. The van der Waals surface area contributed by atoms with Crippen LogP contribution >= 0.6 is 0 Å². The van der Waals surface area contributed by atoms with Crippen molar-refractivity contribution >= 4 is 11.5 Å². The second kappa shape index (κ2) is 3.87. The molecule has 0 amide bonds. The van der Waals surface area contributed by atoms with Gasteiger partial charge in [-0.25, -0.2) is 0 Å². The van der Waals surface area contributed by atoms with Gasteiger partial charge in [0.2, 0.25) is 0 Å². The molecule has 2 bridgehead atoms. The number of fused-ring (bicyclic) bond motifs is 3. The monoisotopic (exact) mass is 229 g/mol. The van der Waals surface area contributed by atoms with Crippen molar-refractivity contribution in [2.75, 3.05) is 13.1 Å². The van der Waals surface area contributed by atoms with E-state index in [2.05, 4.69) is 9.88 Å². The molecule has 3 saturated heterocycles. The molecular weight excluding hydrogens is 214 g/mol. The first kappa shape index (κ1) is 10.3. The largest absolute Gasteiger partial charge is 0.395 e. The Morgan fingerprint density at radius 1 is 1.35 bits per heavy atom. The van der Waals surface area contributed by atoms with Gasteiger partial charge in [-0.05, 0) is 25.0 Å². The van der Waals surface area contributed by atoms with Crippen molar-refractivity contribution in [2.24, 2.45) is 11.7 Å². The van der Waals surface area contributed by atoms with E-state index in [0.29, 0.717) is 17.1 Å². The Bertz CT molecular complexity index is 473. The van der Waals surface area contributed by atoms with Crippen molar-refractivity contribution in [1.82, 2.24) is 9.88 Å². The van der Waals surface area contributed by atoms with Crippen LogP contribution in [0.15, 0.2) is 30.1 Å². The first-order valence-corrected chi connectivity index (χ1v) is 5.97. The fraction of sp³-hybridized carbons (Fsp3) is 0.385. The van der Waals surface area contributed by atoms with Crippen LogP contribution in [-0.2, 0) is 4.79 Å². The van der Waals surface area contributed by atoms with Crippen LogP contribution in [0.5, 0.6) is 0 Å². The second-order valence-corrected chi connectivity index (χ2v) is 4.60. The van der Waals surface area contributed by atoms with E-state index in [1.165, 1.54) is 0 Å². The minimum absolute atomic E-state index is 0.178. The maximum atomic E-state index is 12.2. The zero-order valence-electron chi connectivity index (χ0n) is 9.60. The van der Waals surface area contributed by atoms with Gasteiger partial charge in [0.25, 0.3) is 0 Å². The summed E-state index contributed by atoms with van der Waals surface area (Å²) in [7, 11) is 0. The molecule has 4 rings (SSSR count). The molecule has 0 unspecified atom stereocenters. The number of carbonyl (C=O) groups excluding carboxylic acids is 1. The fourth-order valence-electron chi connectivity index (χ4n) is 2.66. The van der Waals surface area contributed by atoms with Crippen LogP contribution in [0.2, 0.25) is 0 Å². The minimum atomic E-state index is 0.178. The Morgan fingerprint density at radius 3 is 2.71 bits per heavy atom. The topological polar surface area (TPSA) is 59.2 Å². The first-order chi connectivity index (χ1) is 8.27. The Kier molecular flexibility index (Phi) is 2.35. The van der Waals surface area contributed by atoms with Gasteiger partial charge in [0.05, 0.1) is 11.4 Å². The number of hydrogen-bond donors (Lipinski definition) is 1. The molecule has 88 valence electrons. The van der Waals surface area contributed by atoms with Gasteiger partial charge in [-0.2, -0.15) is 0 Å². The molecule has 3 aliphatic heterocycles. The minimum Gasteiger partial charge on any atom is -0.395 e. The zero-order chi connectivity index (χ0) is 11.8. The molecule has 0 aliphatic carbocycles. The number of piperidine rings is 3. The summed E-state index contributed by atoms with van der Waals surface area (Å²) in [6.07, 6.45) is 3.64. The lowest BCUT2D eigenvalue weighted by Crippen LogP contribution is -2.47. The maximum absolute atomic E-state index is 12.2. The highest BCUT2D eigenvalue weighted by Gasteiger charge is 2.38. The normalized spacial score (nSPS) is 23.1. The Balaban J connectivity index is 2.05. The summed E-state index contributed by atoms with van der Waals surface area (Å²) in [5.74, 6) is 0.378. The van der Waals surface area contributed by atoms with Gasteiger partial charge in [-0.15, -0.1) is 0 Å². The summed E-state index contributed by atoms with van der Waals surface area (Å²) in [5, 5.41) is 0. The molecule has 0 atom stereocenters. The van der Waals surface area contributed by atoms with Crippen LogP contribution in [0, 0.1) is 5.92 Å². The molecule has 1 aromatic heterocycles. The van der Waals surface area contributed by atoms with E-state index in [4.69, 9.17) is 5.73 Å². The summed E-state index contributed by atoms with van der Waals surface area (Å²) in [6, 6.07) is 5.58. The third-order valence-electron chi connectivity index (χ3n) is 3.61. The van der Waals surface area contributed by atoms with Crippen LogP contribution in [-0.4, -0.2) is 28.8 Å². The summed E-state index contributed by atoms with van der Waals surface area (Å²) >= 11 is 0. The van der Waals surface area contributed by atoms with Gasteiger partial charge in [0.1, 0.15) is 5.70 Å². The predicted molar refractivity (Wildman–Crippen MR) is 64.6 cm³/mol. The van der Waals surface area contributed by atoms with E-state index < -0.39 is 0 Å². The van der Waals surface area contributed by atoms with E-state index in [1.807, 2.05) is 18.2 Å². The molecule has 0 radical (unpaired) electrons. The van der Waals surface area contributed by atoms with Crippen LogP contribution in [0.1, 0.15) is 18.5 Å². The highest BCUT2D eigenvalue weighted by molar-refractivity contribution is 6.03. The number of nitrogens with two attached hydrogens (primary N) is 1. The van der Waals surface area contributed by atoms with Crippen LogP contribution in [0.3, 0.4) is 0 Å². The van der Waals surface area contributed by atoms with Gasteiger partial charge >= 0.3 is 0 Å². The summed E-state index contributed by atoms with van der Waals surface area (Å²) < 4.78 is 0. The van der Waals surface area contributed by atoms with E-state index in [0.717, 1.165) is 25.9 Å². The van der Waals surface area contributed by atoms with Crippen LogP contribution in [0.25, 0.3) is 5.70 Å². The second-order valence-electron chi connectivity index (χ2n) is 4.60. The highest BCUT2D eigenvalue weighted by atomic mass is 16.1. The number of carbonyl (C=O) groups is 1. The lowest BCUT2D eigenvalue weighted by Gasteiger charge is -2.41. The molecule has 0 saturated carbocycles. The number of pyridine rings is 1. The molecule has 4 nitrogen and oxygen atoms in total. The third kappa shape index (κ3) is 1.60. The van der Waals surface area contributed by atoms with Crippen molar-refractivity contribution < 1.29 is 4.79 Å². The fourth-order valence-corrected chi connectivity index (χ4v) is 2.66. The van der Waals surface area contributed by atoms with Crippen molar-refractivity contribution in [3.05, 3.63) is 35.8 Å². The molecule has 3 fully saturated rings. The van der Waals surface area contributed by atoms with Crippen molar-refractivity contribution in [2.45, 2.75) is 12.8 Å². The van der Waals surface area contributed by atoms with Gasteiger partial charge in [-0.1, -0.05) is 6.07 Å². The Hall–Kier alpha value is -1.84. The molecule has 4 heteroatoms. The number of allylic oxidation sites excluding steroid dienone is 1. The van der Waals surface area contributed by atoms with Gasteiger partial charge in [0, 0.05) is 25.2 Å². The van der Waals surface area contributed by atoms with E-state index >= 15 is 0 Å². The highest BCUT2D eigenvalue weighted by Crippen LogP contribution is 2.33.